The van der Waals surface area contributed by atoms with Crippen molar-refractivity contribution in [2.75, 3.05) is 12.4 Å². The number of carbonyl (C=O) groups is 1. The van der Waals surface area contributed by atoms with E-state index in [1.165, 1.54) is 7.11 Å². The number of para-hydroxylation sites is 1. The van der Waals surface area contributed by atoms with E-state index in [0.29, 0.717) is 0 Å². The van der Waals surface area contributed by atoms with E-state index in [1.807, 2.05) is 62.4 Å². The molecule has 2 aromatic carbocycles. The number of nitrogens with one attached hydrogen (secondary N) is 1. The quantitative estimate of drug-likeness (QED) is 0.839. The molecule has 0 aliphatic heterocycles. The number of benzene rings is 2. The standard InChI is InChI=1S/C17H18BrNO2/c1-12-6-4-5-7-15(12)19-17(2,16(20)21-3)13-8-10-14(18)11-9-13/h4-11,19H,1-3H3. The Balaban J connectivity index is 2.45. The van der Waals surface area contributed by atoms with E-state index in [2.05, 4.69) is 21.2 Å². The summed E-state index contributed by atoms with van der Waals surface area (Å²) in [4.78, 5) is 12.3. The van der Waals surface area contributed by atoms with Gasteiger partial charge in [-0.15, -0.1) is 0 Å². The van der Waals surface area contributed by atoms with Crippen LogP contribution in [-0.4, -0.2) is 13.1 Å². The van der Waals surface area contributed by atoms with Crippen LogP contribution in [0.5, 0.6) is 0 Å². The summed E-state index contributed by atoms with van der Waals surface area (Å²) in [6.07, 6.45) is 0. The zero-order chi connectivity index (χ0) is 15.5. The van der Waals surface area contributed by atoms with E-state index in [-0.39, 0.29) is 5.97 Å². The number of esters is 1. The monoisotopic (exact) mass is 347 g/mol. The Morgan fingerprint density at radius 3 is 2.33 bits per heavy atom. The highest BCUT2D eigenvalue weighted by atomic mass is 79.9. The van der Waals surface area contributed by atoms with E-state index < -0.39 is 5.54 Å². The summed E-state index contributed by atoms with van der Waals surface area (Å²) >= 11 is 3.41. The van der Waals surface area contributed by atoms with Crippen molar-refractivity contribution in [3.05, 3.63) is 64.1 Å². The van der Waals surface area contributed by atoms with Gasteiger partial charge >= 0.3 is 5.97 Å². The van der Waals surface area contributed by atoms with Crippen molar-refractivity contribution in [1.82, 2.24) is 0 Å². The van der Waals surface area contributed by atoms with Gasteiger partial charge in [-0.05, 0) is 43.2 Å². The average Bonchev–Trinajstić information content (AvgIpc) is 2.49. The smallest absolute Gasteiger partial charge is 0.335 e. The lowest BCUT2D eigenvalue weighted by molar-refractivity contribution is -0.145. The minimum Gasteiger partial charge on any atom is -0.467 e. The van der Waals surface area contributed by atoms with Gasteiger partial charge in [0.25, 0.3) is 0 Å². The van der Waals surface area contributed by atoms with E-state index in [9.17, 15) is 4.79 Å². The summed E-state index contributed by atoms with van der Waals surface area (Å²) in [6.45, 7) is 3.83. The number of rotatable bonds is 4. The highest BCUT2D eigenvalue weighted by molar-refractivity contribution is 9.10. The lowest BCUT2D eigenvalue weighted by atomic mass is 9.91. The van der Waals surface area contributed by atoms with Crippen molar-refractivity contribution >= 4 is 27.6 Å². The fraction of sp³-hybridized carbons (Fsp3) is 0.235. The van der Waals surface area contributed by atoms with Crippen molar-refractivity contribution < 1.29 is 9.53 Å². The van der Waals surface area contributed by atoms with Gasteiger partial charge in [-0.2, -0.15) is 0 Å². The van der Waals surface area contributed by atoms with Crippen LogP contribution in [0.25, 0.3) is 0 Å². The van der Waals surface area contributed by atoms with Crippen molar-refractivity contribution in [1.29, 1.82) is 0 Å². The van der Waals surface area contributed by atoms with Crippen molar-refractivity contribution in [3.8, 4) is 0 Å². The first-order valence-electron chi connectivity index (χ1n) is 6.65. The number of anilines is 1. The molecule has 110 valence electrons. The number of carbonyl (C=O) groups excluding carboxylic acids is 1. The third-order valence-electron chi connectivity index (χ3n) is 3.54. The second-order valence-corrected chi connectivity index (χ2v) is 5.98. The van der Waals surface area contributed by atoms with Gasteiger partial charge in [-0.3, -0.25) is 0 Å². The molecule has 0 bridgehead atoms. The molecule has 0 radical (unpaired) electrons. The normalized spacial score (nSPS) is 13.3. The highest BCUT2D eigenvalue weighted by Gasteiger charge is 2.36. The number of halogens is 1. The molecule has 2 aromatic rings. The van der Waals surface area contributed by atoms with Gasteiger partial charge in [-0.1, -0.05) is 46.3 Å². The molecule has 0 amide bonds. The van der Waals surface area contributed by atoms with Crippen LogP contribution in [0.3, 0.4) is 0 Å². The maximum absolute atomic E-state index is 12.3. The number of methoxy groups -OCH3 is 1. The molecule has 0 heterocycles. The second-order valence-electron chi connectivity index (χ2n) is 5.06. The molecule has 1 unspecified atom stereocenters. The highest BCUT2D eigenvalue weighted by Crippen LogP contribution is 2.30. The zero-order valence-electron chi connectivity index (χ0n) is 12.3. The first kappa shape index (κ1) is 15.6. The van der Waals surface area contributed by atoms with Gasteiger partial charge < -0.3 is 10.1 Å². The summed E-state index contributed by atoms with van der Waals surface area (Å²) in [5.41, 5.74) is 1.89. The topological polar surface area (TPSA) is 38.3 Å². The van der Waals surface area contributed by atoms with E-state index >= 15 is 0 Å². The molecule has 0 saturated heterocycles. The van der Waals surface area contributed by atoms with Crippen LogP contribution in [-0.2, 0) is 15.1 Å². The molecular formula is C17H18BrNO2. The van der Waals surface area contributed by atoms with Gasteiger partial charge in [0.15, 0.2) is 5.54 Å². The van der Waals surface area contributed by atoms with Crippen LogP contribution >= 0.6 is 15.9 Å². The van der Waals surface area contributed by atoms with Gasteiger partial charge in [0.2, 0.25) is 0 Å². The Hall–Kier alpha value is -1.81. The second kappa shape index (κ2) is 6.31. The molecule has 0 spiro atoms. The summed E-state index contributed by atoms with van der Waals surface area (Å²) in [6, 6.07) is 15.5. The third-order valence-corrected chi connectivity index (χ3v) is 4.07. The Kier molecular flexibility index (Phi) is 4.68. The Morgan fingerprint density at radius 1 is 1.14 bits per heavy atom. The summed E-state index contributed by atoms with van der Waals surface area (Å²) in [5.74, 6) is -0.326. The number of hydrogen-bond donors (Lipinski definition) is 1. The Bertz CT molecular complexity index is 639. The van der Waals surface area contributed by atoms with Crippen LogP contribution in [0.1, 0.15) is 18.1 Å². The van der Waals surface area contributed by atoms with Crippen molar-refractivity contribution in [2.45, 2.75) is 19.4 Å². The molecule has 1 atom stereocenters. The molecule has 0 saturated carbocycles. The van der Waals surface area contributed by atoms with E-state index in [0.717, 1.165) is 21.3 Å². The number of aryl methyl sites for hydroxylation is 1. The average molecular weight is 348 g/mol. The lowest BCUT2D eigenvalue weighted by Gasteiger charge is -2.30. The van der Waals surface area contributed by atoms with Gasteiger partial charge in [0.05, 0.1) is 7.11 Å². The zero-order valence-corrected chi connectivity index (χ0v) is 13.9. The van der Waals surface area contributed by atoms with Crippen LogP contribution in [0.2, 0.25) is 0 Å². The minimum absolute atomic E-state index is 0.326. The molecule has 0 aliphatic carbocycles. The Morgan fingerprint density at radius 2 is 1.76 bits per heavy atom. The molecule has 4 heteroatoms. The van der Waals surface area contributed by atoms with Crippen LogP contribution < -0.4 is 5.32 Å². The predicted molar refractivity (Wildman–Crippen MR) is 88.3 cm³/mol. The van der Waals surface area contributed by atoms with E-state index in [4.69, 9.17) is 4.74 Å². The lowest BCUT2D eigenvalue weighted by Crippen LogP contribution is -2.41. The largest absolute Gasteiger partial charge is 0.467 e. The maximum Gasteiger partial charge on any atom is 0.335 e. The molecule has 0 fully saturated rings. The first-order chi connectivity index (χ1) is 9.97. The molecule has 3 nitrogen and oxygen atoms in total. The summed E-state index contributed by atoms with van der Waals surface area (Å²) in [7, 11) is 1.40. The summed E-state index contributed by atoms with van der Waals surface area (Å²) < 4.78 is 5.97. The Labute approximate surface area is 133 Å². The fourth-order valence-corrected chi connectivity index (χ4v) is 2.48. The van der Waals surface area contributed by atoms with Gasteiger partial charge in [0.1, 0.15) is 0 Å². The maximum atomic E-state index is 12.3. The van der Waals surface area contributed by atoms with Crippen molar-refractivity contribution in [3.63, 3.8) is 0 Å². The molecule has 2 rings (SSSR count). The molecule has 1 N–H and O–H groups in total. The molecule has 0 aliphatic rings. The predicted octanol–water partition coefficient (Wildman–Crippen LogP) is 4.26. The van der Waals surface area contributed by atoms with Crippen LogP contribution in [0.15, 0.2) is 53.0 Å². The summed E-state index contributed by atoms with van der Waals surface area (Å²) in [5, 5.41) is 3.32. The van der Waals surface area contributed by atoms with Crippen molar-refractivity contribution in [2.24, 2.45) is 0 Å². The third kappa shape index (κ3) is 3.27. The molecule has 21 heavy (non-hydrogen) atoms. The van der Waals surface area contributed by atoms with Gasteiger partial charge in [-0.25, -0.2) is 4.79 Å². The minimum atomic E-state index is -0.943. The molecular weight excluding hydrogens is 330 g/mol. The fourth-order valence-electron chi connectivity index (χ4n) is 2.21. The van der Waals surface area contributed by atoms with Crippen LogP contribution in [0.4, 0.5) is 5.69 Å². The first-order valence-corrected chi connectivity index (χ1v) is 7.45. The van der Waals surface area contributed by atoms with Crippen LogP contribution in [0, 0.1) is 6.92 Å². The van der Waals surface area contributed by atoms with Gasteiger partial charge in [0, 0.05) is 10.2 Å². The SMILES string of the molecule is COC(=O)C(C)(Nc1ccccc1C)c1ccc(Br)cc1. The molecule has 0 aromatic heterocycles. The van der Waals surface area contributed by atoms with E-state index in [1.54, 1.807) is 0 Å². The number of ether oxygens (including phenoxy) is 1. The number of hydrogen-bond acceptors (Lipinski definition) is 3.